The summed E-state index contributed by atoms with van der Waals surface area (Å²) in [6.45, 7) is 6.20. The summed E-state index contributed by atoms with van der Waals surface area (Å²) < 4.78 is 0. The fraction of sp³-hybridized carbons (Fsp3) is 0.250. The Morgan fingerprint density at radius 3 is 1.91 bits per heavy atom. The smallest absolute Gasteiger partial charge is 0.221 e. The van der Waals surface area contributed by atoms with Gasteiger partial charge in [-0.15, -0.1) is 0 Å². The second-order valence-corrected chi connectivity index (χ2v) is 8.90. The minimum Gasteiger partial charge on any atom is -0.360 e. The average Bonchev–Trinajstić information content (AvgIpc) is 3.29. The van der Waals surface area contributed by atoms with Gasteiger partial charge >= 0.3 is 0 Å². The third kappa shape index (κ3) is 3.99. The topological polar surface area (TPSA) is 41.7 Å². The van der Waals surface area contributed by atoms with Crippen LogP contribution in [-0.2, 0) is 0 Å². The maximum atomic E-state index is 13.3. The Morgan fingerprint density at radius 2 is 1.28 bits per heavy atom. The highest BCUT2D eigenvalue weighted by Crippen LogP contribution is 2.20. The van der Waals surface area contributed by atoms with Crippen LogP contribution in [0, 0.1) is 0 Å². The number of benzene rings is 3. The number of hydrogen-bond acceptors (Lipinski definition) is 1. The molecule has 162 valence electrons. The van der Waals surface area contributed by atoms with E-state index in [9.17, 15) is 4.79 Å². The van der Waals surface area contributed by atoms with Crippen LogP contribution < -0.4 is 9.80 Å². The summed E-state index contributed by atoms with van der Waals surface area (Å²) >= 11 is 0. The first-order valence-electron chi connectivity index (χ1n) is 11.6. The number of aromatic nitrogens is 1. The molecule has 2 heterocycles. The number of quaternary nitrogens is 2. The Labute approximate surface area is 189 Å². The van der Waals surface area contributed by atoms with E-state index in [0.717, 1.165) is 42.6 Å². The summed E-state index contributed by atoms with van der Waals surface area (Å²) in [6.07, 6.45) is 1.88. The van der Waals surface area contributed by atoms with Gasteiger partial charge in [0.1, 0.15) is 38.3 Å². The predicted molar refractivity (Wildman–Crippen MR) is 128 cm³/mol. The molecule has 4 aromatic rings. The van der Waals surface area contributed by atoms with Crippen LogP contribution in [0.3, 0.4) is 0 Å². The molecule has 0 radical (unpaired) electrons. The number of rotatable bonds is 6. The standard InChI is InChI=1S/C28H29N3O/c1-21(28(32)25-20-29-26-15-9-8-14-24(25)26)30-16-18-31(19-17-30)27(22-10-4-2-5-11-22)23-12-6-3-7-13-23/h2-15,20-21,27,29H,16-19H2,1H3/p+2/t21-/m0/s1. The van der Waals surface area contributed by atoms with Crippen LogP contribution in [0.1, 0.15) is 34.5 Å². The van der Waals surface area contributed by atoms with Gasteiger partial charge in [0, 0.05) is 33.8 Å². The normalized spacial score (nSPS) is 19.8. The highest BCUT2D eigenvalue weighted by molar-refractivity contribution is 6.09. The molecule has 3 N–H and O–H groups in total. The number of H-pyrrole nitrogens is 1. The third-order valence-corrected chi connectivity index (χ3v) is 7.07. The van der Waals surface area contributed by atoms with Crippen LogP contribution in [0.25, 0.3) is 10.9 Å². The number of piperazine rings is 1. The van der Waals surface area contributed by atoms with E-state index >= 15 is 0 Å². The first-order chi connectivity index (χ1) is 15.7. The van der Waals surface area contributed by atoms with Gasteiger partial charge in [-0.1, -0.05) is 78.9 Å². The quantitative estimate of drug-likeness (QED) is 0.408. The minimum atomic E-state index is -0.0392. The van der Waals surface area contributed by atoms with Crippen LogP contribution in [0.5, 0.6) is 0 Å². The lowest BCUT2D eigenvalue weighted by molar-refractivity contribution is -1.03. The Morgan fingerprint density at radius 1 is 0.750 bits per heavy atom. The number of carbonyl (C=O) groups excluding carboxylic acids is 1. The Kier molecular flexibility index (Phi) is 5.89. The van der Waals surface area contributed by atoms with Crippen molar-refractivity contribution in [1.82, 2.24) is 4.98 Å². The van der Waals surface area contributed by atoms with Crippen molar-refractivity contribution in [2.75, 3.05) is 26.2 Å². The molecule has 5 rings (SSSR count). The largest absolute Gasteiger partial charge is 0.360 e. The molecule has 4 heteroatoms. The van der Waals surface area contributed by atoms with Gasteiger partial charge in [-0.25, -0.2) is 0 Å². The number of ketones is 1. The number of aromatic amines is 1. The van der Waals surface area contributed by atoms with E-state index in [1.807, 2.05) is 30.5 Å². The van der Waals surface area contributed by atoms with Crippen LogP contribution >= 0.6 is 0 Å². The molecular formula is C28H31N3O+2. The van der Waals surface area contributed by atoms with Gasteiger partial charge in [0.25, 0.3) is 0 Å². The number of Topliss-reactive ketones (excluding diaryl/α,β-unsaturated/α-hetero) is 1. The second kappa shape index (κ2) is 9.11. The van der Waals surface area contributed by atoms with E-state index in [0.29, 0.717) is 6.04 Å². The summed E-state index contributed by atoms with van der Waals surface area (Å²) in [6, 6.07) is 30.0. The SMILES string of the molecule is C[C@@H](C(=O)c1c[nH]c2ccccc12)[NH+]1CC[NH+](C(c2ccccc2)c2ccccc2)CC1. The molecule has 3 aromatic carbocycles. The number of nitrogens with one attached hydrogen (secondary N) is 3. The molecule has 0 aliphatic carbocycles. The average molecular weight is 426 g/mol. The number of para-hydroxylation sites is 1. The lowest BCUT2D eigenvalue weighted by atomic mass is 9.96. The van der Waals surface area contributed by atoms with E-state index in [-0.39, 0.29) is 11.8 Å². The van der Waals surface area contributed by atoms with Crippen molar-refractivity contribution >= 4 is 16.7 Å². The lowest BCUT2D eigenvalue weighted by Gasteiger charge is -2.36. The van der Waals surface area contributed by atoms with E-state index in [2.05, 4.69) is 72.6 Å². The molecule has 0 bridgehead atoms. The molecule has 1 saturated heterocycles. The van der Waals surface area contributed by atoms with Gasteiger partial charge in [0.15, 0.2) is 0 Å². The zero-order valence-electron chi connectivity index (χ0n) is 18.6. The highest BCUT2D eigenvalue weighted by Gasteiger charge is 2.36. The summed E-state index contributed by atoms with van der Waals surface area (Å²) in [7, 11) is 0. The van der Waals surface area contributed by atoms with Crippen molar-refractivity contribution in [2.24, 2.45) is 0 Å². The Balaban J connectivity index is 1.32. The van der Waals surface area contributed by atoms with Gasteiger partial charge in [-0.3, -0.25) is 4.79 Å². The lowest BCUT2D eigenvalue weighted by Crippen LogP contribution is -3.30. The summed E-state index contributed by atoms with van der Waals surface area (Å²) in [4.78, 5) is 19.6. The summed E-state index contributed by atoms with van der Waals surface area (Å²) in [5, 5.41) is 1.03. The fourth-order valence-electron chi connectivity index (χ4n) is 5.26. The zero-order valence-corrected chi connectivity index (χ0v) is 18.6. The van der Waals surface area contributed by atoms with Gasteiger partial charge in [0.05, 0.1) is 0 Å². The molecule has 0 spiro atoms. The third-order valence-electron chi connectivity index (χ3n) is 7.07. The zero-order chi connectivity index (χ0) is 21.9. The first kappa shape index (κ1) is 20.7. The van der Waals surface area contributed by atoms with E-state index in [1.54, 1.807) is 4.90 Å². The van der Waals surface area contributed by atoms with Crippen molar-refractivity contribution in [3.63, 3.8) is 0 Å². The Hall–Kier alpha value is -3.21. The van der Waals surface area contributed by atoms with Gasteiger partial charge in [-0.2, -0.15) is 0 Å². The van der Waals surface area contributed by atoms with E-state index in [4.69, 9.17) is 0 Å². The molecule has 32 heavy (non-hydrogen) atoms. The molecule has 1 aliphatic rings. The molecule has 0 unspecified atom stereocenters. The van der Waals surface area contributed by atoms with Crippen LogP contribution in [0.2, 0.25) is 0 Å². The van der Waals surface area contributed by atoms with Gasteiger partial charge < -0.3 is 14.8 Å². The van der Waals surface area contributed by atoms with Gasteiger partial charge in [-0.05, 0) is 13.0 Å². The number of fused-ring (bicyclic) bond motifs is 1. The molecule has 1 fully saturated rings. The molecule has 1 aliphatic heterocycles. The van der Waals surface area contributed by atoms with Crippen molar-refractivity contribution in [3.05, 3.63) is 108 Å². The van der Waals surface area contributed by atoms with E-state index in [1.165, 1.54) is 16.0 Å². The van der Waals surface area contributed by atoms with Crippen molar-refractivity contribution in [2.45, 2.75) is 19.0 Å². The number of hydrogen-bond donors (Lipinski definition) is 3. The first-order valence-corrected chi connectivity index (χ1v) is 11.6. The van der Waals surface area contributed by atoms with E-state index < -0.39 is 0 Å². The van der Waals surface area contributed by atoms with Crippen LogP contribution in [0.4, 0.5) is 0 Å². The van der Waals surface area contributed by atoms with Crippen molar-refractivity contribution in [1.29, 1.82) is 0 Å². The van der Waals surface area contributed by atoms with Crippen molar-refractivity contribution < 1.29 is 14.6 Å². The molecular weight excluding hydrogens is 394 g/mol. The predicted octanol–water partition coefficient (Wildman–Crippen LogP) is 2.31. The maximum absolute atomic E-state index is 13.3. The van der Waals surface area contributed by atoms with Crippen LogP contribution in [0.15, 0.2) is 91.1 Å². The number of carbonyl (C=O) groups is 1. The molecule has 4 nitrogen and oxygen atoms in total. The summed E-state index contributed by atoms with van der Waals surface area (Å²) in [5.74, 6) is 0.239. The molecule has 0 amide bonds. The van der Waals surface area contributed by atoms with Crippen LogP contribution in [-0.4, -0.2) is 43.0 Å². The fourth-order valence-corrected chi connectivity index (χ4v) is 5.26. The molecule has 0 saturated carbocycles. The summed E-state index contributed by atoms with van der Waals surface area (Å²) in [5.41, 5.74) is 4.57. The highest BCUT2D eigenvalue weighted by atomic mass is 16.1. The molecule has 1 aromatic heterocycles. The monoisotopic (exact) mass is 425 g/mol. The van der Waals surface area contributed by atoms with Gasteiger partial charge in [0.2, 0.25) is 5.78 Å². The maximum Gasteiger partial charge on any atom is 0.221 e. The second-order valence-electron chi connectivity index (χ2n) is 8.90. The molecule has 1 atom stereocenters. The Bertz CT molecular complexity index is 1140. The minimum absolute atomic E-state index is 0.0392. The van der Waals surface area contributed by atoms with Crippen molar-refractivity contribution in [3.8, 4) is 0 Å².